The van der Waals surface area contributed by atoms with E-state index in [2.05, 4.69) is 9.71 Å². The highest BCUT2D eigenvalue weighted by Crippen LogP contribution is 2.17. The lowest BCUT2D eigenvalue weighted by Crippen LogP contribution is -2.15. The second-order valence-corrected chi connectivity index (χ2v) is 9.29. The molecule has 4 rings (SSSR count). The molecule has 0 saturated heterocycles. The van der Waals surface area contributed by atoms with Gasteiger partial charge in [-0.1, -0.05) is 12.1 Å². The number of sulfonamides is 1. The van der Waals surface area contributed by atoms with Gasteiger partial charge in [0.05, 0.1) is 17.0 Å². The van der Waals surface area contributed by atoms with Crippen molar-refractivity contribution in [1.82, 2.24) is 9.38 Å². The first-order valence-corrected chi connectivity index (χ1v) is 11.7. The molecule has 0 radical (unpaired) electrons. The van der Waals surface area contributed by atoms with Gasteiger partial charge in [0, 0.05) is 23.3 Å². The fourth-order valence-electron chi connectivity index (χ4n) is 2.85. The van der Waals surface area contributed by atoms with Crippen molar-refractivity contribution in [3.05, 3.63) is 93.6 Å². The van der Waals surface area contributed by atoms with Crippen LogP contribution >= 0.6 is 11.3 Å². The molecule has 0 atom stereocenters. The van der Waals surface area contributed by atoms with Gasteiger partial charge in [0.2, 0.25) is 0 Å². The number of fused-ring (bicyclic) bond motifs is 1. The molecule has 32 heavy (non-hydrogen) atoms. The third kappa shape index (κ3) is 5.01. The highest BCUT2D eigenvalue weighted by molar-refractivity contribution is 7.92. The molecule has 0 fully saturated rings. The van der Waals surface area contributed by atoms with E-state index in [9.17, 15) is 22.4 Å². The summed E-state index contributed by atoms with van der Waals surface area (Å²) >= 11 is 1.30. The molecule has 0 bridgehead atoms. The van der Waals surface area contributed by atoms with Crippen molar-refractivity contribution in [2.45, 2.75) is 17.9 Å². The number of hydrogen-bond donors (Lipinski definition) is 1. The van der Waals surface area contributed by atoms with Gasteiger partial charge in [0.25, 0.3) is 15.6 Å². The van der Waals surface area contributed by atoms with Gasteiger partial charge in [0.1, 0.15) is 12.4 Å². The number of ether oxygens (including phenoxy) is 1. The van der Waals surface area contributed by atoms with E-state index >= 15 is 0 Å². The molecule has 0 amide bonds. The highest BCUT2D eigenvalue weighted by Gasteiger charge is 2.14. The van der Waals surface area contributed by atoms with E-state index in [0.717, 1.165) is 12.1 Å². The van der Waals surface area contributed by atoms with E-state index in [-0.39, 0.29) is 23.5 Å². The lowest BCUT2D eigenvalue weighted by molar-refractivity contribution is -0.144. The van der Waals surface area contributed by atoms with E-state index in [0.29, 0.717) is 21.9 Å². The first-order valence-electron chi connectivity index (χ1n) is 9.29. The SMILES string of the molecule is O=C(Cc1ccc(NS(=O)(=O)c2ccc(F)cc2)cc1)OCc1cc(=O)n2ccsc2n1. The Hall–Kier alpha value is -3.57. The Morgan fingerprint density at radius 1 is 1.12 bits per heavy atom. The minimum Gasteiger partial charge on any atom is -0.459 e. The van der Waals surface area contributed by atoms with Gasteiger partial charge in [-0.2, -0.15) is 0 Å². The summed E-state index contributed by atoms with van der Waals surface area (Å²) in [5, 5.41) is 1.74. The van der Waals surface area contributed by atoms with Crippen LogP contribution in [0.1, 0.15) is 11.3 Å². The van der Waals surface area contributed by atoms with Crippen LogP contribution in [0.15, 0.2) is 75.9 Å². The Morgan fingerprint density at radius 3 is 2.56 bits per heavy atom. The van der Waals surface area contributed by atoms with Crippen LogP contribution in [0.3, 0.4) is 0 Å². The van der Waals surface area contributed by atoms with Crippen LogP contribution in [0.5, 0.6) is 0 Å². The monoisotopic (exact) mass is 473 g/mol. The average Bonchev–Trinajstić information content (AvgIpc) is 3.23. The molecule has 164 valence electrons. The molecule has 8 nitrogen and oxygen atoms in total. The largest absolute Gasteiger partial charge is 0.459 e. The van der Waals surface area contributed by atoms with Gasteiger partial charge in [-0.25, -0.2) is 17.8 Å². The van der Waals surface area contributed by atoms with Crippen LogP contribution < -0.4 is 10.3 Å². The number of aromatic nitrogens is 2. The number of benzene rings is 2. The number of esters is 1. The zero-order valence-electron chi connectivity index (χ0n) is 16.4. The number of rotatable bonds is 7. The number of thiazole rings is 1. The summed E-state index contributed by atoms with van der Waals surface area (Å²) in [5.41, 5.74) is 1.01. The van der Waals surface area contributed by atoms with Crippen molar-refractivity contribution in [1.29, 1.82) is 0 Å². The van der Waals surface area contributed by atoms with Crippen molar-refractivity contribution >= 4 is 38.0 Å². The number of hydrogen-bond acceptors (Lipinski definition) is 7. The zero-order chi connectivity index (χ0) is 22.7. The first-order chi connectivity index (χ1) is 15.3. The van der Waals surface area contributed by atoms with Gasteiger partial charge in [-0.3, -0.25) is 18.7 Å². The summed E-state index contributed by atoms with van der Waals surface area (Å²) in [6, 6.07) is 12.0. The lowest BCUT2D eigenvalue weighted by atomic mass is 10.1. The van der Waals surface area contributed by atoms with Crippen LogP contribution in [-0.2, 0) is 32.6 Å². The Labute approximate surface area is 186 Å². The third-order valence-electron chi connectivity index (χ3n) is 4.42. The molecule has 2 aromatic heterocycles. The standard InChI is InChI=1S/C21H16FN3O5S2/c22-15-3-7-18(8-4-15)32(28,29)24-16-5-1-14(2-6-16)11-20(27)30-13-17-12-19(26)25-9-10-31-21(25)23-17/h1-10,12,24H,11,13H2. The number of carbonyl (C=O) groups is 1. The van der Waals surface area contributed by atoms with Crippen molar-refractivity contribution in [2.75, 3.05) is 4.72 Å². The van der Waals surface area contributed by atoms with Crippen LogP contribution in [0.25, 0.3) is 4.96 Å². The average molecular weight is 474 g/mol. The quantitative estimate of drug-likeness (QED) is 0.414. The van der Waals surface area contributed by atoms with Crippen molar-refractivity contribution in [3.8, 4) is 0 Å². The smallest absolute Gasteiger partial charge is 0.310 e. The molecule has 0 spiro atoms. The normalized spacial score (nSPS) is 11.4. The molecule has 0 unspecified atom stereocenters. The first kappa shape index (κ1) is 21.7. The maximum absolute atomic E-state index is 13.0. The molecule has 0 saturated carbocycles. The van der Waals surface area contributed by atoms with Crippen molar-refractivity contribution in [2.24, 2.45) is 0 Å². The summed E-state index contributed by atoms with van der Waals surface area (Å²) in [7, 11) is -3.86. The Kier molecular flexibility index (Phi) is 6.01. The summed E-state index contributed by atoms with van der Waals surface area (Å²) in [6.07, 6.45) is 1.58. The number of nitrogens with one attached hydrogen (secondary N) is 1. The van der Waals surface area contributed by atoms with E-state index < -0.39 is 21.8 Å². The second-order valence-electron chi connectivity index (χ2n) is 6.74. The summed E-state index contributed by atoms with van der Waals surface area (Å²) in [4.78, 5) is 28.8. The molecule has 11 heteroatoms. The molecule has 2 aromatic carbocycles. The van der Waals surface area contributed by atoms with Crippen LogP contribution in [0, 0.1) is 5.82 Å². The highest BCUT2D eigenvalue weighted by atomic mass is 32.2. The second kappa shape index (κ2) is 8.89. The minimum atomic E-state index is -3.86. The molecule has 1 N–H and O–H groups in total. The number of anilines is 1. The molecule has 4 aromatic rings. The molecule has 0 aliphatic heterocycles. The predicted molar refractivity (Wildman–Crippen MR) is 116 cm³/mol. The van der Waals surface area contributed by atoms with Crippen molar-refractivity contribution in [3.63, 3.8) is 0 Å². The maximum atomic E-state index is 13.0. The van der Waals surface area contributed by atoms with Crippen LogP contribution in [0.2, 0.25) is 0 Å². The minimum absolute atomic E-state index is 0.0365. The predicted octanol–water partition coefficient (Wildman–Crippen LogP) is 2.98. The number of halogens is 1. The van der Waals surface area contributed by atoms with Crippen molar-refractivity contribution < 1.29 is 22.3 Å². The van der Waals surface area contributed by atoms with Gasteiger partial charge in [-0.05, 0) is 42.0 Å². The topological polar surface area (TPSA) is 107 Å². The zero-order valence-corrected chi connectivity index (χ0v) is 18.0. The third-order valence-corrected chi connectivity index (χ3v) is 6.57. The summed E-state index contributed by atoms with van der Waals surface area (Å²) in [5.74, 6) is -1.05. The summed E-state index contributed by atoms with van der Waals surface area (Å²) in [6.45, 7) is -0.127. The van der Waals surface area contributed by atoms with Gasteiger partial charge < -0.3 is 4.74 Å². The van der Waals surface area contributed by atoms with Gasteiger partial charge in [0.15, 0.2) is 4.96 Å². The number of carbonyl (C=O) groups excluding carboxylic acids is 1. The lowest BCUT2D eigenvalue weighted by Gasteiger charge is -2.09. The van der Waals surface area contributed by atoms with E-state index in [1.54, 1.807) is 23.7 Å². The maximum Gasteiger partial charge on any atom is 0.310 e. The van der Waals surface area contributed by atoms with E-state index in [4.69, 9.17) is 4.74 Å². The molecule has 0 aliphatic rings. The van der Waals surface area contributed by atoms with Gasteiger partial charge in [-0.15, -0.1) is 11.3 Å². The van der Waals surface area contributed by atoms with E-state index in [1.807, 2.05) is 0 Å². The molecule has 0 aliphatic carbocycles. The fourth-order valence-corrected chi connectivity index (χ4v) is 4.65. The van der Waals surface area contributed by atoms with Crippen LogP contribution in [-0.4, -0.2) is 23.8 Å². The molecular weight excluding hydrogens is 457 g/mol. The van der Waals surface area contributed by atoms with Gasteiger partial charge >= 0.3 is 5.97 Å². The molecule has 2 heterocycles. The number of nitrogens with zero attached hydrogens (tertiary/aromatic N) is 2. The Balaban J connectivity index is 1.35. The Morgan fingerprint density at radius 2 is 1.84 bits per heavy atom. The fraction of sp³-hybridized carbons (Fsp3) is 0.0952. The Bertz CT molecular complexity index is 1430. The summed E-state index contributed by atoms with van der Waals surface area (Å²) < 4.78 is 46.7. The molecular formula is C21H16FN3O5S2. The van der Waals surface area contributed by atoms with Crippen LogP contribution in [0.4, 0.5) is 10.1 Å². The van der Waals surface area contributed by atoms with E-state index in [1.165, 1.54) is 46.1 Å².